The Balaban J connectivity index is 2.34. The van der Waals surface area contributed by atoms with Gasteiger partial charge >= 0.3 is 6.01 Å². The summed E-state index contributed by atoms with van der Waals surface area (Å²) in [7, 11) is 1.63. The maximum absolute atomic E-state index is 13.8. The smallest absolute Gasteiger partial charge is 0.323 e. The van der Waals surface area contributed by atoms with E-state index in [0.717, 1.165) is 12.1 Å². The summed E-state index contributed by atoms with van der Waals surface area (Å²) in [6.45, 7) is 3.64. The van der Waals surface area contributed by atoms with Crippen molar-refractivity contribution in [1.29, 1.82) is 0 Å². The van der Waals surface area contributed by atoms with Crippen LogP contribution in [-0.4, -0.2) is 28.6 Å². The minimum atomic E-state index is -0.599. The average Bonchev–Trinajstić information content (AvgIpc) is 2.45. The molecule has 0 amide bonds. The third-order valence-electron chi connectivity index (χ3n) is 2.61. The molecule has 2 N–H and O–H groups in total. The van der Waals surface area contributed by atoms with Crippen molar-refractivity contribution < 1.29 is 13.5 Å². The number of aryl methyl sites for hydroxylation is 1. The molecular weight excluding hydrogens is 280 g/mol. The van der Waals surface area contributed by atoms with Crippen LogP contribution in [0.1, 0.15) is 12.5 Å². The van der Waals surface area contributed by atoms with E-state index in [2.05, 4.69) is 25.6 Å². The quantitative estimate of drug-likeness (QED) is 0.883. The van der Waals surface area contributed by atoms with Crippen LogP contribution < -0.4 is 15.4 Å². The third kappa shape index (κ3) is 3.53. The SMILES string of the molecule is CCOc1nc(NC)nc(Nc2cc(F)c(C)cc2F)n1. The van der Waals surface area contributed by atoms with Gasteiger partial charge in [0.1, 0.15) is 11.6 Å². The van der Waals surface area contributed by atoms with E-state index in [1.54, 1.807) is 14.0 Å². The van der Waals surface area contributed by atoms with Gasteiger partial charge < -0.3 is 15.4 Å². The van der Waals surface area contributed by atoms with Gasteiger partial charge in [-0.3, -0.25) is 0 Å². The molecule has 2 aromatic rings. The molecule has 0 bridgehead atoms. The molecule has 0 aliphatic rings. The second-order valence-corrected chi connectivity index (χ2v) is 4.15. The van der Waals surface area contributed by atoms with Gasteiger partial charge in [0.05, 0.1) is 12.3 Å². The second kappa shape index (κ2) is 6.29. The minimum absolute atomic E-state index is 0.0555. The van der Waals surface area contributed by atoms with Gasteiger partial charge in [-0.05, 0) is 25.5 Å². The van der Waals surface area contributed by atoms with E-state index < -0.39 is 11.6 Å². The Morgan fingerprint density at radius 1 is 1.10 bits per heavy atom. The summed E-state index contributed by atoms with van der Waals surface area (Å²) in [6.07, 6.45) is 0. The standard InChI is InChI=1S/C13H15F2N5O/c1-4-21-13-19-11(16-3)18-12(20-13)17-10-6-8(14)7(2)5-9(10)15/h5-6H,4H2,1-3H3,(H2,16,17,18,19,20). The van der Waals surface area contributed by atoms with E-state index in [-0.39, 0.29) is 29.2 Å². The first-order chi connectivity index (χ1) is 10.0. The van der Waals surface area contributed by atoms with Crippen LogP contribution in [0.4, 0.5) is 26.4 Å². The van der Waals surface area contributed by atoms with Gasteiger partial charge in [-0.1, -0.05) is 0 Å². The highest BCUT2D eigenvalue weighted by Crippen LogP contribution is 2.22. The van der Waals surface area contributed by atoms with Crippen LogP contribution in [0.5, 0.6) is 6.01 Å². The topological polar surface area (TPSA) is 72.0 Å². The highest BCUT2D eigenvalue weighted by Gasteiger charge is 2.11. The molecule has 0 saturated carbocycles. The van der Waals surface area contributed by atoms with Crippen LogP contribution in [0.25, 0.3) is 0 Å². The molecule has 0 radical (unpaired) electrons. The number of hydrogen-bond acceptors (Lipinski definition) is 6. The van der Waals surface area contributed by atoms with Crippen LogP contribution in [0.3, 0.4) is 0 Å². The molecule has 1 heterocycles. The lowest BCUT2D eigenvalue weighted by atomic mass is 10.2. The van der Waals surface area contributed by atoms with Crippen LogP contribution in [-0.2, 0) is 0 Å². The highest BCUT2D eigenvalue weighted by atomic mass is 19.1. The van der Waals surface area contributed by atoms with E-state index in [1.807, 2.05) is 0 Å². The molecule has 1 aromatic carbocycles. The lowest BCUT2D eigenvalue weighted by Crippen LogP contribution is -2.07. The van der Waals surface area contributed by atoms with Crippen molar-refractivity contribution in [2.45, 2.75) is 13.8 Å². The maximum atomic E-state index is 13.8. The predicted molar refractivity (Wildman–Crippen MR) is 74.9 cm³/mol. The number of ether oxygens (including phenoxy) is 1. The normalized spacial score (nSPS) is 10.3. The monoisotopic (exact) mass is 295 g/mol. The Hall–Kier alpha value is -2.51. The van der Waals surface area contributed by atoms with Crippen molar-refractivity contribution in [1.82, 2.24) is 15.0 Å². The summed E-state index contributed by atoms with van der Waals surface area (Å²) in [4.78, 5) is 12.0. The number of anilines is 3. The van der Waals surface area contributed by atoms with Gasteiger partial charge in [0.25, 0.3) is 0 Å². The zero-order valence-corrected chi connectivity index (χ0v) is 11.9. The molecule has 0 aliphatic carbocycles. The van der Waals surface area contributed by atoms with Gasteiger partial charge in [0.2, 0.25) is 11.9 Å². The number of nitrogens with one attached hydrogen (secondary N) is 2. The second-order valence-electron chi connectivity index (χ2n) is 4.15. The molecule has 6 nitrogen and oxygen atoms in total. The summed E-state index contributed by atoms with van der Waals surface area (Å²) >= 11 is 0. The fourth-order valence-corrected chi connectivity index (χ4v) is 1.58. The lowest BCUT2D eigenvalue weighted by Gasteiger charge is -2.10. The first-order valence-electron chi connectivity index (χ1n) is 6.32. The Bertz CT molecular complexity index is 651. The maximum Gasteiger partial charge on any atom is 0.323 e. The number of benzene rings is 1. The van der Waals surface area contributed by atoms with E-state index in [0.29, 0.717) is 6.61 Å². The highest BCUT2D eigenvalue weighted by molar-refractivity contribution is 5.56. The van der Waals surface area contributed by atoms with Gasteiger partial charge in [0.15, 0.2) is 0 Å². The van der Waals surface area contributed by atoms with Crippen LogP contribution in [0.15, 0.2) is 12.1 Å². The molecule has 8 heteroatoms. The van der Waals surface area contributed by atoms with Gasteiger partial charge in [0, 0.05) is 13.1 Å². The Morgan fingerprint density at radius 2 is 1.81 bits per heavy atom. The molecule has 2 rings (SSSR count). The fraction of sp³-hybridized carbons (Fsp3) is 0.308. The molecule has 0 fully saturated rings. The Morgan fingerprint density at radius 3 is 2.48 bits per heavy atom. The summed E-state index contributed by atoms with van der Waals surface area (Å²) < 4.78 is 32.5. The van der Waals surface area contributed by atoms with Crippen LogP contribution in [0, 0.1) is 18.6 Å². The van der Waals surface area contributed by atoms with Crippen molar-refractivity contribution >= 4 is 17.6 Å². The number of halogens is 2. The Labute approximate surface area is 120 Å². The van der Waals surface area contributed by atoms with Gasteiger partial charge in [-0.2, -0.15) is 15.0 Å². The molecule has 21 heavy (non-hydrogen) atoms. The number of rotatable bonds is 5. The van der Waals surface area contributed by atoms with E-state index in [1.165, 1.54) is 6.92 Å². The first-order valence-corrected chi connectivity index (χ1v) is 6.32. The third-order valence-corrected chi connectivity index (χ3v) is 2.61. The molecule has 0 unspecified atom stereocenters. The fourth-order valence-electron chi connectivity index (χ4n) is 1.58. The van der Waals surface area contributed by atoms with E-state index >= 15 is 0 Å². The molecule has 0 spiro atoms. The largest absolute Gasteiger partial charge is 0.464 e. The summed E-state index contributed by atoms with van der Waals surface area (Å²) in [5.74, 6) is -0.811. The molecule has 1 aromatic heterocycles. The lowest BCUT2D eigenvalue weighted by molar-refractivity contribution is 0.312. The first kappa shape index (κ1) is 14.9. The van der Waals surface area contributed by atoms with Gasteiger partial charge in [-0.15, -0.1) is 0 Å². The summed E-state index contributed by atoms with van der Waals surface area (Å²) in [5, 5.41) is 5.35. The number of nitrogens with zero attached hydrogens (tertiary/aromatic N) is 3. The number of aromatic nitrogens is 3. The van der Waals surface area contributed by atoms with Crippen molar-refractivity contribution in [2.24, 2.45) is 0 Å². The molecule has 112 valence electrons. The zero-order valence-electron chi connectivity index (χ0n) is 11.9. The van der Waals surface area contributed by atoms with E-state index in [9.17, 15) is 8.78 Å². The Kier molecular flexibility index (Phi) is 4.46. The van der Waals surface area contributed by atoms with Crippen molar-refractivity contribution in [2.75, 3.05) is 24.3 Å². The van der Waals surface area contributed by atoms with E-state index in [4.69, 9.17) is 4.74 Å². The van der Waals surface area contributed by atoms with Crippen molar-refractivity contribution in [3.05, 3.63) is 29.3 Å². The van der Waals surface area contributed by atoms with Crippen molar-refractivity contribution in [3.63, 3.8) is 0 Å². The summed E-state index contributed by atoms with van der Waals surface area (Å²) in [6, 6.07) is 2.24. The number of hydrogen-bond donors (Lipinski definition) is 2. The summed E-state index contributed by atoms with van der Waals surface area (Å²) in [5.41, 5.74) is 0.161. The molecular formula is C13H15F2N5O. The molecule has 0 saturated heterocycles. The van der Waals surface area contributed by atoms with Crippen LogP contribution >= 0.6 is 0 Å². The average molecular weight is 295 g/mol. The molecule has 0 aliphatic heterocycles. The zero-order chi connectivity index (χ0) is 15.4. The van der Waals surface area contributed by atoms with Crippen LogP contribution in [0.2, 0.25) is 0 Å². The van der Waals surface area contributed by atoms with Crippen molar-refractivity contribution in [3.8, 4) is 6.01 Å². The molecule has 0 atom stereocenters. The van der Waals surface area contributed by atoms with Gasteiger partial charge in [-0.25, -0.2) is 8.78 Å². The predicted octanol–water partition coefficient (Wildman–Crippen LogP) is 2.64. The minimum Gasteiger partial charge on any atom is -0.464 e.